The number of allylic oxidation sites excluding steroid dienone is 4. The Balaban J connectivity index is 1.90. The van der Waals surface area contributed by atoms with E-state index in [0.29, 0.717) is 23.8 Å². The van der Waals surface area contributed by atoms with E-state index < -0.39 is 12.3 Å². The van der Waals surface area contributed by atoms with Crippen molar-refractivity contribution in [2.45, 2.75) is 51.4 Å². The molecule has 0 spiro atoms. The summed E-state index contributed by atoms with van der Waals surface area (Å²) < 4.78 is 27.5. The van der Waals surface area contributed by atoms with E-state index in [1.165, 1.54) is 12.8 Å². The maximum Gasteiger partial charge on any atom is 0.128 e. The van der Waals surface area contributed by atoms with Gasteiger partial charge in [-0.2, -0.15) is 0 Å². The summed E-state index contributed by atoms with van der Waals surface area (Å²) >= 11 is 0. The van der Waals surface area contributed by atoms with Crippen molar-refractivity contribution in [3.63, 3.8) is 0 Å². The predicted octanol–water partition coefficient (Wildman–Crippen LogP) is 4.19. The van der Waals surface area contributed by atoms with E-state index in [-0.39, 0.29) is 18.3 Å². The van der Waals surface area contributed by atoms with Crippen LogP contribution < -0.4 is 0 Å². The van der Waals surface area contributed by atoms with Gasteiger partial charge in [-0.15, -0.1) is 0 Å². The van der Waals surface area contributed by atoms with Crippen LogP contribution in [0.1, 0.15) is 39.0 Å². The van der Waals surface area contributed by atoms with E-state index in [1.807, 2.05) is 6.92 Å². The molecule has 3 aliphatic rings. The number of carbonyl (C=O) groups excluding carboxylic acids is 1. The Morgan fingerprint density at radius 3 is 2.55 bits per heavy atom. The van der Waals surface area contributed by atoms with Gasteiger partial charge in [0.2, 0.25) is 0 Å². The van der Waals surface area contributed by atoms with Crippen LogP contribution in [0.4, 0.5) is 8.78 Å². The minimum atomic E-state index is -1.17. The number of aldehydes is 1. The van der Waals surface area contributed by atoms with E-state index in [2.05, 4.69) is 6.08 Å². The Morgan fingerprint density at radius 2 is 1.95 bits per heavy atom. The first-order valence-corrected chi connectivity index (χ1v) is 7.75. The smallest absolute Gasteiger partial charge is 0.128 e. The largest absolute Gasteiger partial charge is 0.303 e. The molecule has 0 heterocycles. The van der Waals surface area contributed by atoms with Crippen LogP contribution in [0.5, 0.6) is 0 Å². The lowest BCUT2D eigenvalue weighted by atomic mass is 9.70. The van der Waals surface area contributed by atoms with Crippen molar-refractivity contribution < 1.29 is 13.6 Å². The van der Waals surface area contributed by atoms with Crippen molar-refractivity contribution in [3.8, 4) is 0 Å². The van der Waals surface area contributed by atoms with Gasteiger partial charge in [-0.3, -0.25) is 0 Å². The summed E-state index contributed by atoms with van der Waals surface area (Å²) in [6.07, 6.45) is 6.19. The fourth-order valence-corrected chi connectivity index (χ4v) is 3.73. The molecule has 3 heteroatoms. The molecule has 0 bridgehead atoms. The monoisotopic (exact) mass is 280 g/mol. The molecule has 0 saturated heterocycles. The van der Waals surface area contributed by atoms with E-state index in [0.717, 1.165) is 18.3 Å². The summed E-state index contributed by atoms with van der Waals surface area (Å²) in [5.74, 6) is 1.13. The molecule has 0 aromatic rings. The van der Waals surface area contributed by atoms with Crippen LogP contribution in [0.15, 0.2) is 23.3 Å². The molecule has 0 aromatic heterocycles. The van der Waals surface area contributed by atoms with Gasteiger partial charge in [-0.25, -0.2) is 8.78 Å². The predicted molar refractivity (Wildman–Crippen MR) is 74.7 cm³/mol. The molecule has 3 rings (SSSR count). The minimum Gasteiger partial charge on any atom is -0.303 e. The molecule has 0 aromatic carbocycles. The highest BCUT2D eigenvalue weighted by Gasteiger charge is 2.41. The van der Waals surface area contributed by atoms with Crippen LogP contribution >= 0.6 is 0 Å². The van der Waals surface area contributed by atoms with Crippen molar-refractivity contribution in [2.24, 2.45) is 23.7 Å². The van der Waals surface area contributed by atoms with Gasteiger partial charge in [0.25, 0.3) is 0 Å². The van der Waals surface area contributed by atoms with Gasteiger partial charge in [-0.1, -0.05) is 19.1 Å². The molecule has 0 aliphatic heterocycles. The van der Waals surface area contributed by atoms with Crippen LogP contribution in [-0.4, -0.2) is 18.6 Å². The molecule has 1 saturated carbocycles. The second kappa shape index (κ2) is 5.42. The molecular weight excluding hydrogens is 258 g/mol. The second-order valence-electron chi connectivity index (χ2n) is 6.66. The first-order chi connectivity index (χ1) is 9.60. The first-order valence-electron chi connectivity index (χ1n) is 7.75. The minimum absolute atomic E-state index is 0.00789. The van der Waals surface area contributed by atoms with Gasteiger partial charge in [0.1, 0.15) is 18.6 Å². The second-order valence-corrected chi connectivity index (χ2v) is 6.66. The van der Waals surface area contributed by atoms with Gasteiger partial charge >= 0.3 is 0 Å². The topological polar surface area (TPSA) is 17.1 Å². The van der Waals surface area contributed by atoms with E-state index in [1.54, 1.807) is 6.08 Å². The number of hydrogen-bond acceptors (Lipinski definition) is 1. The Hall–Kier alpha value is -0.990. The maximum absolute atomic E-state index is 14.2. The third-order valence-electron chi connectivity index (χ3n) is 5.14. The molecule has 5 atom stereocenters. The normalized spacial score (nSPS) is 41.9. The molecule has 20 heavy (non-hydrogen) atoms. The average Bonchev–Trinajstić information content (AvgIpc) is 3.23. The molecule has 1 unspecified atom stereocenters. The quantitative estimate of drug-likeness (QED) is 0.708. The van der Waals surface area contributed by atoms with Crippen LogP contribution in [-0.2, 0) is 4.79 Å². The fourth-order valence-electron chi connectivity index (χ4n) is 3.73. The Kier molecular flexibility index (Phi) is 3.78. The Morgan fingerprint density at radius 1 is 1.20 bits per heavy atom. The summed E-state index contributed by atoms with van der Waals surface area (Å²) in [6, 6.07) is 0. The van der Waals surface area contributed by atoms with Crippen molar-refractivity contribution in [3.05, 3.63) is 23.3 Å². The highest BCUT2D eigenvalue weighted by atomic mass is 19.1. The zero-order chi connectivity index (χ0) is 14.3. The van der Waals surface area contributed by atoms with Crippen LogP contribution in [0.3, 0.4) is 0 Å². The number of alkyl halides is 2. The van der Waals surface area contributed by atoms with E-state index >= 15 is 0 Å². The zero-order valence-corrected chi connectivity index (χ0v) is 11.9. The SMILES string of the molecule is CC1C=C(C2=CC[C@H](F)C[C@@H]2F)[C@@H](C2CC2)C[C@H]1C=O. The number of halogens is 2. The molecule has 0 radical (unpaired) electrons. The summed E-state index contributed by atoms with van der Waals surface area (Å²) in [5, 5.41) is 0. The van der Waals surface area contributed by atoms with Gasteiger partial charge in [0.15, 0.2) is 0 Å². The maximum atomic E-state index is 14.2. The number of rotatable bonds is 3. The van der Waals surface area contributed by atoms with Crippen molar-refractivity contribution in [1.29, 1.82) is 0 Å². The van der Waals surface area contributed by atoms with Gasteiger partial charge in [0, 0.05) is 12.3 Å². The van der Waals surface area contributed by atoms with Gasteiger partial charge < -0.3 is 4.79 Å². The molecule has 3 aliphatic carbocycles. The van der Waals surface area contributed by atoms with Crippen molar-refractivity contribution in [1.82, 2.24) is 0 Å². The molecule has 0 N–H and O–H groups in total. The Labute approximate surface area is 119 Å². The zero-order valence-electron chi connectivity index (χ0n) is 11.9. The molecule has 0 amide bonds. The third-order valence-corrected chi connectivity index (χ3v) is 5.14. The Bertz CT molecular complexity index is 450. The highest BCUT2D eigenvalue weighted by Crippen LogP contribution is 2.50. The third kappa shape index (κ3) is 2.59. The van der Waals surface area contributed by atoms with Gasteiger partial charge in [0.05, 0.1) is 0 Å². The molecule has 1 fully saturated rings. The highest BCUT2D eigenvalue weighted by molar-refractivity contribution is 5.56. The average molecular weight is 280 g/mol. The summed E-state index contributed by atoms with van der Waals surface area (Å²) in [5.41, 5.74) is 1.80. The lowest BCUT2D eigenvalue weighted by Gasteiger charge is -2.35. The first kappa shape index (κ1) is 14.0. The standard InChI is InChI=1S/C17H22F2O/c1-10-6-16(14-5-4-13(18)8-17(14)19)15(11-2-3-11)7-12(10)9-20/h5-6,9-13,15,17H,2-4,7-8H2,1H3/t10?,12-,13-,15+,17-/m0/s1. The van der Waals surface area contributed by atoms with E-state index in [9.17, 15) is 13.6 Å². The summed E-state index contributed by atoms with van der Waals surface area (Å²) in [4.78, 5) is 11.2. The van der Waals surface area contributed by atoms with Crippen LogP contribution in [0.25, 0.3) is 0 Å². The molecular formula is C17H22F2O. The lowest BCUT2D eigenvalue weighted by Crippen LogP contribution is -2.29. The number of hydrogen-bond donors (Lipinski definition) is 0. The van der Waals surface area contributed by atoms with E-state index in [4.69, 9.17) is 0 Å². The molecule has 1 nitrogen and oxygen atoms in total. The van der Waals surface area contributed by atoms with Crippen molar-refractivity contribution >= 4 is 6.29 Å². The fraction of sp³-hybridized carbons (Fsp3) is 0.706. The van der Waals surface area contributed by atoms with Crippen molar-refractivity contribution in [2.75, 3.05) is 0 Å². The van der Waals surface area contributed by atoms with Crippen LogP contribution in [0.2, 0.25) is 0 Å². The lowest BCUT2D eigenvalue weighted by molar-refractivity contribution is -0.112. The summed E-state index contributed by atoms with van der Waals surface area (Å²) in [7, 11) is 0. The van der Waals surface area contributed by atoms with Crippen LogP contribution in [0, 0.1) is 23.7 Å². The number of carbonyl (C=O) groups is 1. The molecule has 110 valence electrons. The van der Waals surface area contributed by atoms with Gasteiger partial charge in [-0.05, 0) is 54.6 Å². The summed E-state index contributed by atoms with van der Waals surface area (Å²) in [6.45, 7) is 2.02.